The fourth-order valence-corrected chi connectivity index (χ4v) is 6.07. The highest BCUT2D eigenvalue weighted by Crippen LogP contribution is 2.50. The molecule has 2 aromatic rings. The van der Waals surface area contributed by atoms with Crippen molar-refractivity contribution in [2.45, 2.75) is 37.1 Å². The number of nitrogens with zero attached hydrogens (tertiary/aromatic N) is 2. The number of nitro groups is 1. The summed E-state index contributed by atoms with van der Waals surface area (Å²) in [7, 11) is -3.52. The van der Waals surface area contributed by atoms with Crippen molar-refractivity contribution in [1.82, 2.24) is 4.31 Å². The molecule has 1 heterocycles. The fourth-order valence-electron chi connectivity index (χ4n) is 4.58. The minimum atomic E-state index is -3.52. The summed E-state index contributed by atoms with van der Waals surface area (Å²) in [6.45, 7) is 4.54. The van der Waals surface area contributed by atoms with E-state index in [4.69, 9.17) is 0 Å². The molecule has 8 heteroatoms. The average molecular weight is 428 g/mol. The van der Waals surface area contributed by atoms with Crippen LogP contribution in [0.25, 0.3) is 0 Å². The number of sulfonamides is 1. The number of anilines is 1. The first-order valence-corrected chi connectivity index (χ1v) is 11.6. The Hall–Kier alpha value is -2.71. The zero-order chi connectivity index (χ0) is 21.5. The molecule has 7 nitrogen and oxygen atoms in total. The second kappa shape index (κ2) is 7.85. The normalized spacial score (nSPS) is 22.4. The van der Waals surface area contributed by atoms with Gasteiger partial charge in [-0.25, -0.2) is 8.42 Å². The van der Waals surface area contributed by atoms with Crippen LogP contribution in [0.1, 0.15) is 43.4 Å². The SMILES string of the molecule is CCN(CC)S(=O)(=O)c1ccc2c(c1)C1C=CCC1C(c1ccc([N+](=O)[O-])cc1)N2. The third-order valence-electron chi connectivity index (χ3n) is 6.14. The minimum absolute atomic E-state index is 0.00328. The third-order valence-corrected chi connectivity index (χ3v) is 8.19. The number of hydrogen-bond donors (Lipinski definition) is 1. The molecule has 0 fully saturated rings. The maximum absolute atomic E-state index is 13.0. The van der Waals surface area contributed by atoms with Crippen LogP contribution in [0.2, 0.25) is 0 Å². The van der Waals surface area contributed by atoms with E-state index in [1.54, 1.807) is 24.3 Å². The molecule has 0 bridgehead atoms. The van der Waals surface area contributed by atoms with Crippen LogP contribution in [0.4, 0.5) is 11.4 Å². The number of hydrogen-bond acceptors (Lipinski definition) is 5. The molecule has 0 saturated heterocycles. The van der Waals surface area contributed by atoms with E-state index in [1.165, 1.54) is 16.4 Å². The van der Waals surface area contributed by atoms with Crippen molar-refractivity contribution >= 4 is 21.4 Å². The Labute approximate surface area is 176 Å². The largest absolute Gasteiger partial charge is 0.378 e. The first kappa shape index (κ1) is 20.6. The van der Waals surface area contributed by atoms with Crippen molar-refractivity contribution in [2.75, 3.05) is 18.4 Å². The van der Waals surface area contributed by atoms with Gasteiger partial charge in [-0.05, 0) is 41.7 Å². The van der Waals surface area contributed by atoms with Gasteiger partial charge in [-0.15, -0.1) is 0 Å². The Kier molecular flexibility index (Phi) is 5.38. The third kappa shape index (κ3) is 3.40. The maximum atomic E-state index is 13.0. The summed E-state index contributed by atoms with van der Waals surface area (Å²) in [5.74, 6) is 0.332. The molecule has 4 rings (SSSR count). The van der Waals surface area contributed by atoms with Gasteiger partial charge < -0.3 is 5.32 Å². The van der Waals surface area contributed by atoms with Crippen LogP contribution in [-0.4, -0.2) is 30.7 Å². The molecule has 1 aliphatic carbocycles. The number of rotatable bonds is 6. The number of fused-ring (bicyclic) bond motifs is 3. The first-order valence-electron chi connectivity index (χ1n) is 10.2. The quantitative estimate of drug-likeness (QED) is 0.418. The van der Waals surface area contributed by atoms with Crippen LogP contribution >= 0.6 is 0 Å². The van der Waals surface area contributed by atoms with Crippen LogP contribution < -0.4 is 5.32 Å². The van der Waals surface area contributed by atoms with Gasteiger partial charge in [0.15, 0.2) is 0 Å². The molecule has 0 aromatic heterocycles. The second-order valence-electron chi connectivity index (χ2n) is 7.66. The summed E-state index contributed by atoms with van der Waals surface area (Å²) >= 11 is 0. The van der Waals surface area contributed by atoms with Gasteiger partial charge in [-0.2, -0.15) is 4.31 Å². The van der Waals surface area contributed by atoms with Gasteiger partial charge in [0.25, 0.3) is 5.69 Å². The Bertz CT molecular complexity index is 1090. The summed E-state index contributed by atoms with van der Waals surface area (Å²) in [6, 6.07) is 12.0. The van der Waals surface area contributed by atoms with E-state index in [0.717, 1.165) is 23.2 Å². The maximum Gasteiger partial charge on any atom is 0.269 e. The Balaban J connectivity index is 1.71. The van der Waals surface area contributed by atoms with E-state index < -0.39 is 14.9 Å². The van der Waals surface area contributed by atoms with Crippen LogP contribution in [0.3, 0.4) is 0 Å². The highest BCUT2D eigenvalue weighted by atomic mass is 32.2. The molecule has 2 aliphatic rings. The number of allylic oxidation sites excluding steroid dienone is 2. The Morgan fingerprint density at radius 2 is 1.83 bits per heavy atom. The molecule has 0 radical (unpaired) electrons. The van der Waals surface area contributed by atoms with E-state index in [-0.39, 0.29) is 23.6 Å². The van der Waals surface area contributed by atoms with Gasteiger partial charge in [0.05, 0.1) is 15.9 Å². The molecule has 1 aliphatic heterocycles. The van der Waals surface area contributed by atoms with Crippen molar-refractivity contribution in [3.63, 3.8) is 0 Å². The van der Waals surface area contributed by atoms with Crippen LogP contribution in [0.5, 0.6) is 0 Å². The smallest absolute Gasteiger partial charge is 0.269 e. The molecule has 1 N–H and O–H groups in total. The van der Waals surface area contributed by atoms with Gasteiger partial charge in [0.2, 0.25) is 10.0 Å². The molecule has 2 aromatic carbocycles. The molecule has 30 heavy (non-hydrogen) atoms. The van der Waals surface area contributed by atoms with Gasteiger partial charge >= 0.3 is 0 Å². The highest BCUT2D eigenvalue weighted by Gasteiger charge is 2.38. The molecule has 158 valence electrons. The Morgan fingerprint density at radius 1 is 1.13 bits per heavy atom. The Morgan fingerprint density at radius 3 is 2.47 bits per heavy atom. The second-order valence-corrected chi connectivity index (χ2v) is 9.60. The lowest BCUT2D eigenvalue weighted by molar-refractivity contribution is -0.384. The summed E-state index contributed by atoms with van der Waals surface area (Å²) in [4.78, 5) is 10.9. The van der Waals surface area contributed by atoms with Crippen molar-refractivity contribution in [1.29, 1.82) is 0 Å². The van der Waals surface area contributed by atoms with Gasteiger partial charge in [-0.3, -0.25) is 10.1 Å². The van der Waals surface area contributed by atoms with Crippen LogP contribution in [-0.2, 0) is 10.0 Å². The van der Waals surface area contributed by atoms with E-state index in [2.05, 4.69) is 17.5 Å². The standard InChI is InChI=1S/C22H25N3O4S/c1-3-24(4-2)30(28,29)17-12-13-21-20(14-17)18-6-5-7-19(18)22(23-21)15-8-10-16(11-9-15)25(26)27/h5-6,8-14,18-19,22-23H,3-4,7H2,1-2H3. The number of non-ortho nitro benzene ring substituents is 1. The van der Waals surface area contributed by atoms with E-state index in [1.807, 2.05) is 19.9 Å². The van der Waals surface area contributed by atoms with Crippen molar-refractivity contribution in [3.05, 3.63) is 75.9 Å². The lowest BCUT2D eigenvalue weighted by Gasteiger charge is -2.37. The lowest BCUT2D eigenvalue weighted by Crippen LogP contribution is -2.32. The molecular formula is C22H25N3O4S. The average Bonchev–Trinajstić information content (AvgIpc) is 3.24. The van der Waals surface area contributed by atoms with Crippen LogP contribution in [0.15, 0.2) is 59.5 Å². The predicted octanol–water partition coefficient (Wildman–Crippen LogP) is 4.45. The van der Waals surface area contributed by atoms with Crippen molar-refractivity contribution in [2.24, 2.45) is 5.92 Å². The minimum Gasteiger partial charge on any atom is -0.378 e. The molecule has 3 atom stereocenters. The van der Waals surface area contributed by atoms with Crippen molar-refractivity contribution < 1.29 is 13.3 Å². The number of nitro benzene ring substituents is 1. The molecule has 0 spiro atoms. The zero-order valence-electron chi connectivity index (χ0n) is 17.0. The summed E-state index contributed by atoms with van der Waals surface area (Å²) in [5.41, 5.74) is 2.96. The van der Waals surface area contributed by atoms with Gasteiger partial charge in [0, 0.05) is 36.8 Å². The van der Waals surface area contributed by atoms with Crippen LogP contribution in [0, 0.1) is 16.0 Å². The molecule has 3 unspecified atom stereocenters. The first-order chi connectivity index (χ1) is 14.4. The number of nitrogens with one attached hydrogen (secondary N) is 1. The fraction of sp³-hybridized carbons (Fsp3) is 0.364. The summed E-state index contributed by atoms with van der Waals surface area (Å²) in [5, 5.41) is 14.5. The zero-order valence-corrected chi connectivity index (χ0v) is 17.8. The monoisotopic (exact) mass is 427 g/mol. The van der Waals surface area contributed by atoms with Gasteiger partial charge in [-0.1, -0.05) is 38.1 Å². The van der Waals surface area contributed by atoms with E-state index in [9.17, 15) is 18.5 Å². The van der Waals surface area contributed by atoms with Gasteiger partial charge in [0.1, 0.15) is 0 Å². The molecule has 0 saturated carbocycles. The van der Waals surface area contributed by atoms with Crippen molar-refractivity contribution in [3.8, 4) is 0 Å². The predicted molar refractivity (Wildman–Crippen MR) is 116 cm³/mol. The van der Waals surface area contributed by atoms with E-state index in [0.29, 0.717) is 18.0 Å². The lowest BCUT2D eigenvalue weighted by atomic mass is 9.77. The number of benzene rings is 2. The molecular weight excluding hydrogens is 402 g/mol. The highest BCUT2D eigenvalue weighted by molar-refractivity contribution is 7.89. The summed E-state index contributed by atoms with van der Waals surface area (Å²) in [6.07, 6.45) is 5.15. The van der Waals surface area contributed by atoms with E-state index >= 15 is 0 Å². The topological polar surface area (TPSA) is 92.5 Å². The molecule has 0 amide bonds. The summed E-state index contributed by atoms with van der Waals surface area (Å²) < 4.78 is 27.4.